The normalized spacial score (nSPS) is 18.4. The molecule has 22 heavy (non-hydrogen) atoms. The SMILES string of the molecule is Nc1ccnc(-n2cc(CCN3CCS(=O)(=O)CC3)nn2)c1. The summed E-state index contributed by atoms with van der Waals surface area (Å²) in [7, 11) is -2.83. The first-order chi connectivity index (χ1) is 10.5. The molecule has 1 fully saturated rings. The maximum atomic E-state index is 11.4. The second-order valence-corrected chi connectivity index (χ2v) is 7.65. The smallest absolute Gasteiger partial charge is 0.157 e. The number of anilines is 1. The largest absolute Gasteiger partial charge is 0.399 e. The molecule has 0 unspecified atom stereocenters. The minimum atomic E-state index is -2.83. The minimum absolute atomic E-state index is 0.243. The van der Waals surface area contributed by atoms with Crippen molar-refractivity contribution in [2.24, 2.45) is 0 Å². The van der Waals surface area contributed by atoms with Crippen LogP contribution in [0, 0.1) is 0 Å². The molecule has 2 aromatic rings. The van der Waals surface area contributed by atoms with Gasteiger partial charge in [0.1, 0.15) is 0 Å². The van der Waals surface area contributed by atoms with E-state index in [-0.39, 0.29) is 11.5 Å². The van der Waals surface area contributed by atoms with Gasteiger partial charge < -0.3 is 10.6 Å². The number of hydrogen-bond donors (Lipinski definition) is 1. The van der Waals surface area contributed by atoms with Crippen LogP contribution in [0.5, 0.6) is 0 Å². The molecule has 1 aliphatic rings. The van der Waals surface area contributed by atoms with Crippen molar-refractivity contribution in [2.75, 3.05) is 36.9 Å². The molecule has 0 spiro atoms. The number of nitrogens with two attached hydrogens (primary N) is 1. The average Bonchev–Trinajstić information content (AvgIpc) is 2.95. The molecule has 8 nitrogen and oxygen atoms in total. The van der Waals surface area contributed by atoms with Crippen LogP contribution in [0.3, 0.4) is 0 Å². The van der Waals surface area contributed by atoms with Crippen molar-refractivity contribution >= 4 is 15.5 Å². The first-order valence-corrected chi connectivity index (χ1v) is 8.90. The molecule has 3 heterocycles. The average molecular weight is 322 g/mol. The van der Waals surface area contributed by atoms with Crippen molar-refractivity contribution in [3.05, 3.63) is 30.2 Å². The van der Waals surface area contributed by atoms with E-state index in [1.54, 1.807) is 23.0 Å². The highest BCUT2D eigenvalue weighted by Gasteiger charge is 2.21. The Morgan fingerprint density at radius 1 is 1.27 bits per heavy atom. The van der Waals surface area contributed by atoms with Gasteiger partial charge in [0.25, 0.3) is 0 Å². The molecule has 0 aliphatic carbocycles. The second kappa shape index (κ2) is 6.01. The number of sulfone groups is 1. The maximum absolute atomic E-state index is 11.4. The van der Waals surface area contributed by atoms with Gasteiger partial charge in [0, 0.05) is 44.0 Å². The van der Waals surface area contributed by atoms with Crippen molar-refractivity contribution in [2.45, 2.75) is 6.42 Å². The summed E-state index contributed by atoms with van der Waals surface area (Å²) in [6.45, 7) is 1.96. The standard InChI is InChI=1S/C13H18N6O2S/c14-11-1-3-15-13(9-11)19-10-12(16-17-19)2-4-18-5-7-22(20,21)8-6-18/h1,3,9-10H,2,4-8H2,(H2,14,15). The van der Waals surface area contributed by atoms with Crippen LogP contribution in [0.2, 0.25) is 0 Å². The van der Waals surface area contributed by atoms with Crippen LogP contribution in [-0.2, 0) is 16.3 Å². The zero-order valence-electron chi connectivity index (χ0n) is 12.1. The van der Waals surface area contributed by atoms with Gasteiger partial charge in [-0.1, -0.05) is 5.21 Å². The number of pyridine rings is 1. The van der Waals surface area contributed by atoms with E-state index < -0.39 is 9.84 Å². The summed E-state index contributed by atoms with van der Waals surface area (Å²) in [5.41, 5.74) is 7.19. The Kier molecular flexibility index (Phi) is 4.08. The number of aromatic nitrogens is 4. The van der Waals surface area contributed by atoms with Crippen LogP contribution in [0.4, 0.5) is 5.69 Å². The zero-order chi connectivity index (χ0) is 15.6. The van der Waals surface area contributed by atoms with Gasteiger partial charge in [0.05, 0.1) is 23.4 Å². The van der Waals surface area contributed by atoms with Crippen LogP contribution in [0.15, 0.2) is 24.5 Å². The topological polar surface area (TPSA) is 107 Å². The van der Waals surface area contributed by atoms with Crippen molar-refractivity contribution in [3.8, 4) is 5.82 Å². The van der Waals surface area contributed by atoms with Crippen LogP contribution in [-0.4, -0.2) is 64.4 Å². The fourth-order valence-electron chi connectivity index (χ4n) is 2.33. The quantitative estimate of drug-likeness (QED) is 0.810. The van der Waals surface area contributed by atoms with Gasteiger partial charge in [-0.2, -0.15) is 0 Å². The third kappa shape index (κ3) is 3.60. The Bertz CT molecular complexity index is 743. The lowest BCUT2D eigenvalue weighted by molar-refractivity contribution is 0.298. The van der Waals surface area contributed by atoms with Crippen LogP contribution < -0.4 is 5.73 Å². The van der Waals surface area contributed by atoms with Gasteiger partial charge >= 0.3 is 0 Å². The molecular weight excluding hydrogens is 304 g/mol. The lowest BCUT2D eigenvalue weighted by Crippen LogP contribution is -2.41. The molecule has 118 valence electrons. The molecule has 0 atom stereocenters. The number of nitrogens with zero attached hydrogens (tertiary/aromatic N) is 5. The fourth-order valence-corrected chi connectivity index (χ4v) is 3.61. The van der Waals surface area contributed by atoms with Gasteiger partial charge in [0.15, 0.2) is 15.7 Å². The lowest BCUT2D eigenvalue weighted by atomic mass is 10.3. The molecule has 9 heteroatoms. The molecule has 0 bridgehead atoms. The highest BCUT2D eigenvalue weighted by Crippen LogP contribution is 2.09. The van der Waals surface area contributed by atoms with E-state index in [2.05, 4.69) is 20.2 Å². The van der Waals surface area contributed by atoms with Crippen LogP contribution in [0.1, 0.15) is 5.69 Å². The second-order valence-electron chi connectivity index (χ2n) is 5.35. The molecule has 1 aliphatic heterocycles. The van der Waals surface area contributed by atoms with Gasteiger partial charge in [-0.25, -0.2) is 18.1 Å². The Hall–Kier alpha value is -2.00. The Morgan fingerprint density at radius 3 is 2.77 bits per heavy atom. The fraction of sp³-hybridized carbons (Fsp3) is 0.462. The molecule has 1 saturated heterocycles. The molecular formula is C13H18N6O2S. The van der Waals surface area contributed by atoms with Gasteiger partial charge in [-0.05, 0) is 6.07 Å². The monoisotopic (exact) mass is 322 g/mol. The summed E-state index contributed by atoms with van der Waals surface area (Å²) in [6, 6.07) is 3.44. The van der Waals surface area contributed by atoms with Crippen molar-refractivity contribution in [1.29, 1.82) is 0 Å². The summed E-state index contributed by atoms with van der Waals surface area (Å²) in [5, 5.41) is 8.17. The highest BCUT2D eigenvalue weighted by atomic mass is 32.2. The molecule has 0 amide bonds. The van der Waals surface area contributed by atoms with E-state index in [9.17, 15) is 8.42 Å². The van der Waals surface area contributed by atoms with Gasteiger partial charge in [-0.15, -0.1) is 5.10 Å². The summed E-state index contributed by atoms with van der Waals surface area (Å²) in [5.74, 6) is 1.11. The number of nitrogen functional groups attached to an aromatic ring is 1. The summed E-state index contributed by atoms with van der Waals surface area (Å²) >= 11 is 0. The minimum Gasteiger partial charge on any atom is -0.399 e. The summed E-state index contributed by atoms with van der Waals surface area (Å²) in [4.78, 5) is 6.33. The van der Waals surface area contributed by atoms with Gasteiger partial charge in [0.2, 0.25) is 0 Å². The maximum Gasteiger partial charge on any atom is 0.157 e. The predicted octanol–water partition coefficient (Wildman–Crippen LogP) is -0.483. The third-order valence-corrected chi connectivity index (χ3v) is 5.28. The first-order valence-electron chi connectivity index (χ1n) is 7.08. The van der Waals surface area contributed by atoms with E-state index in [1.807, 2.05) is 6.20 Å². The molecule has 2 N–H and O–H groups in total. The van der Waals surface area contributed by atoms with Crippen molar-refractivity contribution < 1.29 is 8.42 Å². The first kappa shape index (κ1) is 14.9. The van der Waals surface area contributed by atoms with Crippen molar-refractivity contribution in [3.63, 3.8) is 0 Å². The zero-order valence-corrected chi connectivity index (χ0v) is 12.9. The molecule has 3 rings (SSSR count). The van der Waals surface area contributed by atoms with Crippen molar-refractivity contribution in [1.82, 2.24) is 24.9 Å². The van der Waals surface area contributed by atoms with E-state index >= 15 is 0 Å². The Balaban J connectivity index is 1.58. The van der Waals surface area contributed by atoms with E-state index in [4.69, 9.17) is 5.73 Å². The Morgan fingerprint density at radius 2 is 2.05 bits per heavy atom. The highest BCUT2D eigenvalue weighted by molar-refractivity contribution is 7.91. The molecule has 0 aromatic carbocycles. The third-order valence-electron chi connectivity index (χ3n) is 3.67. The summed E-state index contributed by atoms with van der Waals surface area (Å²) in [6.07, 6.45) is 4.17. The molecule has 0 radical (unpaired) electrons. The molecule has 0 saturated carbocycles. The van der Waals surface area contributed by atoms with Crippen LogP contribution >= 0.6 is 0 Å². The molecule has 2 aromatic heterocycles. The van der Waals surface area contributed by atoms with Crippen LogP contribution in [0.25, 0.3) is 5.82 Å². The predicted molar refractivity (Wildman–Crippen MR) is 82.4 cm³/mol. The Labute approximate surface area is 128 Å². The number of hydrogen-bond acceptors (Lipinski definition) is 7. The van der Waals surface area contributed by atoms with E-state index in [0.29, 0.717) is 24.6 Å². The number of rotatable bonds is 4. The lowest BCUT2D eigenvalue weighted by Gasteiger charge is -2.25. The summed E-state index contributed by atoms with van der Waals surface area (Å²) < 4.78 is 24.4. The van der Waals surface area contributed by atoms with E-state index in [0.717, 1.165) is 18.7 Å². The van der Waals surface area contributed by atoms with E-state index in [1.165, 1.54) is 0 Å². The van der Waals surface area contributed by atoms with Gasteiger partial charge in [-0.3, -0.25) is 0 Å².